The van der Waals surface area contributed by atoms with Crippen molar-refractivity contribution in [2.45, 2.75) is 19.1 Å². The Morgan fingerprint density at radius 2 is 1.69 bits per heavy atom. The van der Waals surface area contributed by atoms with Crippen LogP contribution in [0.3, 0.4) is 0 Å². The Balaban J connectivity index is 2.07. The monoisotopic (exact) mass is 398 g/mol. The number of hydrogen-bond acceptors (Lipinski definition) is 8. The number of ether oxygens (including phenoxy) is 1. The van der Waals surface area contributed by atoms with E-state index in [1.54, 1.807) is 25.1 Å². The lowest BCUT2D eigenvalue weighted by molar-refractivity contribution is -0.385. The van der Waals surface area contributed by atoms with Crippen molar-refractivity contribution in [2.24, 2.45) is 0 Å². The largest absolute Gasteiger partial charge is 0.466 e. The summed E-state index contributed by atoms with van der Waals surface area (Å²) in [5.74, 6) is -0.577. The predicted octanol–water partition coefficient (Wildman–Crippen LogP) is 2.88. The molecule has 0 fully saturated rings. The summed E-state index contributed by atoms with van der Waals surface area (Å²) in [6.45, 7) is 1.67. The van der Waals surface area contributed by atoms with Crippen LogP contribution >= 0.6 is 0 Å². The second-order valence-corrected chi connectivity index (χ2v) is 6.37. The molecule has 0 bridgehead atoms. The molecule has 2 atom stereocenters. The highest BCUT2D eigenvalue weighted by Gasteiger charge is 2.35. The number of allylic oxidation sites excluding steroid dienone is 1. The normalized spacial score (nSPS) is 18.7. The molecule has 2 aromatic carbocycles. The van der Waals surface area contributed by atoms with Crippen molar-refractivity contribution < 1.29 is 19.4 Å². The van der Waals surface area contributed by atoms with E-state index in [1.807, 2.05) is 0 Å². The maximum Gasteiger partial charge on any atom is 0.337 e. The van der Waals surface area contributed by atoms with Crippen molar-refractivity contribution in [3.63, 3.8) is 0 Å². The molecule has 1 heterocycles. The van der Waals surface area contributed by atoms with E-state index in [0.717, 1.165) is 0 Å². The quantitative estimate of drug-likeness (QED) is 0.446. The first-order valence-electron chi connectivity index (χ1n) is 8.62. The van der Waals surface area contributed by atoms with Crippen molar-refractivity contribution in [3.05, 3.63) is 91.2 Å². The van der Waals surface area contributed by atoms with Crippen LogP contribution in [-0.2, 0) is 9.53 Å². The molecule has 150 valence electrons. The van der Waals surface area contributed by atoms with Crippen LogP contribution in [0.5, 0.6) is 0 Å². The lowest BCUT2D eigenvalue weighted by Gasteiger charge is -2.35. The second-order valence-electron chi connectivity index (χ2n) is 6.37. The Hall–Kier alpha value is -3.79. The number of nitrogens with one attached hydrogen (secondary N) is 2. The molecule has 0 radical (unpaired) electrons. The molecule has 10 nitrogen and oxygen atoms in total. The van der Waals surface area contributed by atoms with Gasteiger partial charge in [-0.3, -0.25) is 25.5 Å². The van der Waals surface area contributed by atoms with Gasteiger partial charge in [-0.1, -0.05) is 24.3 Å². The number of hydrogen-bond donors (Lipinski definition) is 2. The third-order valence-electron chi connectivity index (χ3n) is 4.67. The number of para-hydroxylation sites is 1. The number of rotatable bonds is 5. The number of methoxy groups -OCH3 is 1. The molecule has 29 heavy (non-hydrogen) atoms. The molecule has 0 unspecified atom stereocenters. The number of nitro benzene ring substituents is 2. The molecule has 10 heteroatoms. The van der Waals surface area contributed by atoms with Crippen LogP contribution < -0.4 is 10.6 Å². The van der Waals surface area contributed by atoms with Gasteiger partial charge in [0.1, 0.15) is 6.17 Å². The van der Waals surface area contributed by atoms with Crippen LogP contribution in [-0.4, -0.2) is 22.9 Å². The summed E-state index contributed by atoms with van der Waals surface area (Å²) in [6, 6.07) is 11.3. The summed E-state index contributed by atoms with van der Waals surface area (Å²) in [5.41, 5.74) is 1.60. The Labute approximate surface area is 165 Å². The highest BCUT2D eigenvalue weighted by molar-refractivity contribution is 5.91. The first kappa shape index (κ1) is 20.0. The van der Waals surface area contributed by atoms with Gasteiger partial charge in [0.05, 0.1) is 34.1 Å². The first-order chi connectivity index (χ1) is 13.8. The third kappa shape index (κ3) is 3.92. The number of benzene rings is 2. The predicted molar refractivity (Wildman–Crippen MR) is 103 cm³/mol. The highest BCUT2D eigenvalue weighted by atomic mass is 16.6. The van der Waals surface area contributed by atoms with Crippen LogP contribution in [0.1, 0.15) is 30.3 Å². The van der Waals surface area contributed by atoms with E-state index < -0.39 is 28.0 Å². The number of carbonyl (C=O) groups is 1. The molecule has 3 rings (SSSR count). The Morgan fingerprint density at radius 1 is 1.03 bits per heavy atom. The standard InChI is InChI=1S/C19H18N4O6/c1-11-16(19(24)29-2)17(12-7-9-13(10-8-12)22(25)26)21-18(20-11)14-5-3-4-6-15(14)23(27)28/h3-10,17-18,20-21H,1-2H3/t17-,18+/m0/s1. The number of esters is 1. The fourth-order valence-corrected chi connectivity index (χ4v) is 3.30. The fourth-order valence-electron chi connectivity index (χ4n) is 3.30. The molecular formula is C19H18N4O6. The number of carbonyl (C=O) groups excluding carboxylic acids is 1. The van der Waals surface area contributed by atoms with Crippen LogP contribution in [0.2, 0.25) is 0 Å². The van der Waals surface area contributed by atoms with Gasteiger partial charge in [-0.25, -0.2) is 4.79 Å². The third-order valence-corrected chi connectivity index (χ3v) is 4.67. The van der Waals surface area contributed by atoms with Gasteiger partial charge in [-0.05, 0) is 18.6 Å². The minimum Gasteiger partial charge on any atom is -0.466 e. The zero-order valence-corrected chi connectivity index (χ0v) is 15.6. The van der Waals surface area contributed by atoms with Gasteiger partial charge >= 0.3 is 5.97 Å². The number of nitrogens with zero attached hydrogens (tertiary/aromatic N) is 2. The maximum atomic E-state index is 12.4. The van der Waals surface area contributed by atoms with E-state index in [4.69, 9.17) is 4.74 Å². The number of non-ortho nitro benzene ring substituents is 1. The molecular weight excluding hydrogens is 380 g/mol. The second kappa shape index (κ2) is 8.07. The van der Waals surface area contributed by atoms with Crippen molar-refractivity contribution in [1.29, 1.82) is 0 Å². The summed E-state index contributed by atoms with van der Waals surface area (Å²) in [5, 5.41) is 28.6. The first-order valence-corrected chi connectivity index (χ1v) is 8.62. The molecule has 1 aliphatic rings. The lowest BCUT2D eigenvalue weighted by atomic mass is 9.93. The van der Waals surface area contributed by atoms with E-state index in [9.17, 15) is 25.0 Å². The van der Waals surface area contributed by atoms with Crippen LogP contribution in [0.4, 0.5) is 11.4 Å². The molecule has 0 saturated carbocycles. The maximum absolute atomic E-state index is 12.4. The zero-order valence-electron chi connectivity index (χ0n) is 15.6. The summed E-state index contributed by atoms with van der Waals surface area (Å²) < 4.78 is 4.88. The van der Waals surface area contributed by atoms with E-state index >= 15 is 0 Å². The van der Waals surface area contributed by atoms with E-state index in [2.05, 4.69) is 10.6 Å². The van der Waals surface area contributed by atoms with Crippen LogP contribution in [0.25, 0.3) is 0 Å². The molecule has 0 aliphatic carbocycles. The zero-order chi connectivity index (χ0) is 21.1. The topological polar surface area (TPSA) is 137 Å². The average Bonchev–Trinajstić information content (AvgIpc) is 2.72. The van der Waals surface area contributed by atoms with Crippen molar-refractivity contribution >= 4 is 17.3 Å². The van der Waals surface area contributed by atoms with Gasteiger partial charge in [0.2, 0.25) is 0 Å². The Kier molecular flexibility index (Phi) is 5.55. The van der Waals surface area contributed by atoms with Crippen LogP contribution in [0, 0.1) is 20.2 Å². The van der Waals surface area contributed by atoms with Crippen LogP contribution in [0.15, 0.2) is 59.8 Å². The summed E-state index contributed by atoms with van der Waals surface area (Å²) >= 11 is 0. The van der Waals surface area contributed by atoms with Gasteiger partial charge in [0.15, 0.2) is 0 Å². The Morgan fingerprint density at radius 3 is 2.28 bits per heavy atom. The average molecular weight is 398 g/mol. The molecule has 0 spiro atoms. The molecule has 0 aromatic heterocycles. The highest BCUT2D eigenvalue weighted by Crippen LogP contribution is 2.35. The summed E-state index contributed by atoms with van der Waals surface area (Å²) in [6.07, 6.45) is -0.662. The molecule has 2 N–H and O–H groups in total. The smallest absolute Gasteiger partial charge is 0.337 e. The lowest BCUT2D eigenvalue weighted by Crippen LogP contribution is -2.44. The SMILES string of the molecule is COC(=O)C1=C(C)N[C@@H](c2ccccc2[N+](=O)[O-])N[C@H]1c1ccc([N+](=O)[O-])cc1. The van der Waals surface area contributed by atoms with Gasteiger partial charge < -0.3 is 10.1 Å². The van der Waals surface area contributed by atoms with Gasteiger partial charge in [-0.15, -0.1) is 0 Å². The van der Waals surface area contributed by atoms with E-state index in [1.165, 1.54) is 37.4 Å². The van der Waals surface area contributed by atoms with E-state index in [-0.39, 0.29) is 16.9 Å². The minimum atomic E-state index is -0.686. The van der Waals surface area contributed by atoms with Gasteiger partial charge in [0.25, 0.3) is 11.4 Å². The summed E-state index contributed by atoms with van der Waals surface area (Å²) in [7, 11) is 1.25. The summed E-state index contributed by atoms with van der Waals surface area (Å²) in [4.78, 5) is 33.7. The van der Waals surface area contributed by atoms with Crippen molar-refractivity contribution in [3.8, 4) is 0 Å². The van der Waals surface area contributed by atoms with Gasteiger partial charge in [0, 0.05) is 23.9 Å². The van der Waals surface area contributed by atoms with E-state index in [0.29, 0.717) is 16.8 Å². The number of nitro groups is 2. The van der Waals surface area contributed by atoms with Crippen molar-refractivity contribution in [2.75, 3.05) is 7.11 Å². The molecule has 2 aromatic rings. The minimum absolute atomic E-state index is 0.0748. The molecule has 1 aliphatic heterocycles. The molecule has 0 amide bonds. The van der Waals surface area contributed by atoms with Crippen molar-refractivity contribution in [1.82, 2.24) is 10.6 Å². The Bertz CT molecular complexity index is 1000. The van der Waals surface area contributed by atoms with Gasteiger partial charge in [-0.2, -0.15) is 0 Å². The fraction of sp³-hybridized carbons (Fsp3) is 0.211. The molecule has 0 saturated heterocycles.